The van der Waals surface area contributed by atoms with E-state index in [9.17, 15) is 4.79 Å². The number of nitrogens with one attached hydrogen (secondary N) is 1. The Morgan fingerprint density at radius 2 is 2.18 bits per heavy atom. The van der Waals surface area contributed by atoms with Crippen LogP contribution in [0.25, 0.3) is 10.7 Å². The van der Waals surface area contributed by atoms with Crippen molar-refractivity contribution in [3.05, 3.63) is 37.5 Å². The summed E-state index contributed by atoms with van der Waals surface area (Å²) in [6.07, 6.45) is 4.02. The molecule has 5 heteroatoms. The zero-order chi connectivity index (χ0) is 11.8. The first kappa shape index (κ1) is 11.2. The lowest BCUT2D eigenvalue weighted by Gasteiger charge is -2.14. The van der Waals surface area contributed by atoms with E-state index < -0.39 is 0 Å². The van der Waals surface area contributed by atoms with Gasteiger partial charge in [0.15, 0.2) is 5.82 Å². The Morgan fingerprint density at radius 1 is 1.35 bits per heavy atom. The molecule has 17 heavy (non-hydrogen) atoms. The zero-order valence-electron chi connectivity index (χ0n) is 9.12. The summed E-state index contributed by atoms with van der Waals surface area (Å²) >= 11 is 5.05. The first-order valence-electron chi connectivity index (χ1n) is 5.61. The second-order valence-electron chi connectivity index (χ2n) is 4.14. The summed E-state index contributed by atoms with van der Waals surface area (Å²) in [6, 6.07) is 1.97. The van der Waals surface area contributed by atoms with Gasteiger partial charge in [-0.05, 0) is 53.1 Å². The highest BCUT2D eigenvalue weighted by molar-refractivity contribution is 9.10. The van der Waals surface area contributed by atoms with Crippen molar-refractivity contribution in [2.24, 2.45) is 0 Å². The SMILES string of the molecule is O=c1[nH]c(-c2sccc2Br)nc2c1CCCC2. The van der Waals surface area contributed by atoms with Crippen molar-refractivity contribution < 1.29 is 0 Å². The zero-order valence-corrected chi connectivity index (χ0v) is 11.5. The molecule has 2 aromatic heterocycles. The number of aromatic nitrogens is 2. The molecule has 1 N–H and O–H groups in total. The number of thiophene rings is 1. The van der Waals surface area contributed by atoms with Crippen molar-refractivity contribution in [3.8, 4) is 10.7 Å². The number of fused-ring (bicyclic) bond motifs is 1. The monoisotopic (exact) mass is 310 g/mol. The topological polar surface area (TPSA) is 45.8 Å². The van der Waals surface area contributed by atoms with Crippen molar-refractivity contribution in [2.75, 3.05) is 0 Å². The molecule has 0 aliphatic heterocycles. The lowest BCUT2D eigenvalue weighted by atomic mass is 9.97. The van der Waals surface area contributed by atoms with Crippen molar-refractivity contribution >= 4 is 27.3 Å². The maximum absolute atomic E-state index is 12.0. The Hall–Kier alpha value is -0.940. The van der Waals surface area contributed by atoms with Gasteiger partial charge in [-0.2, -0.15) is 0 Å². The van der Waals surface area contributed by atoms with Gasteiger partial charge < -0.3 is 4.98 Å². The van der Waals surface area contributed by atoms with Gasteiger partial charge in [-0.25, -0.2) is 4.98 Å². The van der Waals surface area contributed by atoms with Crippen LogP contribution in [0, 0.1) is 0 Å². The molecular formula is C12H11BrN2OS. The van der Waals surface area contributed by atoms with Crippen LogP contribution < -0.4 is 5.56 Å². The Kier molecular flexibility index (Phi) is 2.88. The Morgan fingerprint density at radius 3 is 2.94 bits per heavy atom. The second-order valence-corrected chi connectivity index (χ2v) is 5.92. The first-order chi connectivity index (χ1) is 8.25. The first-order valence-corrected chi connectivity index (χ1v) is 7.28. The number of hydrogen-bond donors (Lipinski definition) is 1. The lowest BCUT2D eigenvalue weighted by Crippen LogP contribution is -2.21. The molecule has 0 bridgehead atoms. The molecule has 88 valence electrons. The van der Waals surface area contributed by atoms with Crippen LogP contribution in [-0.4, -0.2) is 9.97 Å². The average Bonchev–Trinajstić information content (AvgIpc) is 2.75. The van der Waals surface area contributed by atoms with Crippen molar-refractivity contribution in [1.82, 2.24) is 9.97 Å². The minimum absolute atomic E-state index is 0.0324. The highest BCUT2D eigenvalue weighted by atomic mass is 79.9. The third-order valence-corrected chi connectivity index (χ3v) is 4.87. The van der Waals surface area contributed by atoms with Crippen LogP contribution in [0.5, 0.6) is 0 Å². The average molecular weight is 311 g/mol. The molecule has 3 nitrogen and oxygen atoms in total. The molecule has 1 aliphatic carbocycles. The minimum atomic E-state index is 0.0324. The summed E-state index contributed by atoms with van der Waals surface area (Å²) in [7, 11) is 0. The number of hydrogen-bond acceptors (Lipinski definition) is 3. The van der Waals surface area contributed by atoms with Gasteiger partial charge in [-0.3, -0.25) is 4.79 Å². The fourth-order valence-corrected chi connectivity index (χ4v) is 3.68. The number of aryl methyl sites for hydroxylation is 1. The largest absolute Gasteiger partial charge is 0.306 e. The third-order valence-electron chi connectivity index (χ3n) is 3.02. The highest BCUT2D eigenvalue weighted by Gasteiger charge is 2.17. The maximum atomic E-state index is 12.0. The molecule has 0 saturated heterocycles. The number of nitrogens with zero attached hydrogens (tertiary/aromatic N) is 1. The molecule has 0 unspecified atom stereocenters. The molecule has 3 rings (SSSR count). The van der Waals surface area contributed by atoms with E-state index in [1.54, 1.807) is 11.3 Å². The minimum Gasteiger partial charge on any atom is -0.306 e. The van der Waals surface area contributed by atoms with Gasteiger partial charge in [0, 0.05) is 10.0 Å². The van der Waals surface area contributed by atoms with Gasteiger partial charge in [-0.15, -0.1) is 11.3 Å². The molecule has 0 saturated carbocycles. The molecule has 0 spiro atoms. The summed E-state index contributed by atoms with van der Waals surface area (Å²) in [5.41, 5.74) is 1.90. The molecule has 0 radical (unpaired) electrons. The second kappa shape index (κ2) is 4.38. The van der Waals surface area contributed by atoms with Gasteiger partial charge in [-0.1, -0.05) is 0 Å². The summed E-state index contributed by atoms with van der Waals surface area (Å²) in [4.78, 5) is 20.5. The van der Waals surface area contributed by atoms with Crippen LogP contribution in [0.3, 0.4) is 0 Å². The van der Waals surface area contributed by atoms with Crippen LogP contribution in [0.4, 0.5) is 0 Å². The molecule has 0 atom stereocenters. The number of rotatable bonds is 1. The molecule has 1 aliphatic rings. The van der Waals surface area contributed by atoms with E-state index in [1.807, 2.05) is 11.4 Å². The van der Waals surface area contributed by atoms with Crippen molar-refractivity contribution in [2.45, 2.75) is 25.7 Å². The van der Waals surface area contributed by atoms with E-state index in [2.05, 4.69) is 25.9 Å². The van der Waals surface area contributed by atoms with Crippen LogP contribution in [0.2, 0.25) is 0 Å². The maximum Gasteiger partial charge on any atom is 0.254 e. The normalized spacial score (nSPS) is 14.6. The van der Waals surface area contributed by atoms with E-state index in [4.69, 9.17) is 0 Å². The molecular weight excluding hydrogens is 300 g/mol. The third kappa shape index (κ3) is 1.98. The van der Waals surface area contributed by atoms with E-state index in [-0.39, 0.29) is 5.56 Å². The standard InChI is InChI=1S/C12H11BrN2OS/c13-8-5-6-17-10(8)11-14-9-4-2-1-3-7(9)12(16)15-11/h5-6H,1-4H2,(H,14,15,16). The summed E-state index contributed by atoms with van der Waals surface area (Å²) < 4.78 is 0.987. The van der Waals surface area contributed by atoms with Gasteiger partial charge in [0.05, 0.1) is 10.6 Å². The highest BCUT2D eigenvalue weighted by Crippen LogP contribution is 2.31. The van der Waals surface area contributed by atoms with Crippen LogP contribution in [0.1, 0.15) is 24.1 Å². The molecule has 0 fully saturated rings. The van der Waals surface area contributed by atoms with E-state index in [1.165, 1.54) is 0 Å². The summed E-state index contributed by atoms with van der Waals surface area (Å²) in [5.74, 6) is 0.692. The number of aromatic amines is 1. The quantitative estimate of drug-likeness (QED) is 0.879. The van der Waals surface area contributed by atoms with Crippen molar-refractivity contribution in [3.63, 3.8) is 0 Å². The summed E-state index contributed by atoms with van der Waals surface area (Å²) in [5, 5.41) is 1.98. The molecule has 2 heterocycles. The van der Waals surface area contributed by atoms with Gasteiger partial charge >= 0.3 is 0 Å². The van der Waals surface area contributed by atoms with Gasteiger partial charge in [0.1, 0.15) is 0 Å². The van der Waals surface area contributed by atoms with E-state index in [0.717, 1.165) is 46.3 Å². The fraction of sp³-hybridized carbons (Fsp3) is 0.333. The van der Waals surface area contributed by atoms with E-state index >= 15 is 0 Å². The molecule has 0 amide bonds. The number of H-pyrrole nitrogens is 1. The van der Waals surface area contributed by atoms with Crippen LogP contribution in [-0.2, 0) is 12.8 Å². The lowest BCUT2D eigenvalue weighted by molar-refractivity contribution is 0.657. The Balaban J connectivity index is 2.17. The predicted octanol–water partition coefficient (Wildman–Crippen LogP) is 3.14. The van der Waals surface area contributed by atoms with Gasteiger partial charge in [0.2, 0.25) is 0 Å². The fourth-order valence-electron chi connectivity index (χ4n) is 2.17. The Bertz CT molecular complexity index is 617. The van der Waals surface area contributed by atoms with Gasteiger partial charge in [0.25, 0.3) is 5.56 Å². The van der Waals surface area contributed by atoms with E-state index in [0.29, 0.717) is 5.82 Å². The summed E-state index contributed by atoms with van der Waals surface area (Å²) in [6.45, 7) is 0. The van der Waals surface area contributed by atoms with Crippen LogP contribution >= 0.6 is 27.3 Å². The molecule has 2 aromatic rings. The van der Waals surface area contributed by atoms with Crippen LogP contribution in [0.15, 0.2) is 20.7 Å². The Labute approximate surface area is 111 Å². The predicted molar refractivity (Wildman–Crippen MR) is 72.5 cm³/mol. The number of halogens is 1. The van der Waals surface area contributed by atoms with Crippen molar-refractivity contribution in [1.29, 1.82) is 0 Å². The smallest absolute Gasteiger partial charge is 0.254 e. The molecule has 0 aromatic carbocycles.